The Morgan fingerprint density at radius 3 is 2.64 bits per heavy atom. The normalized spacial score (nSPS) is 20.5. The molecule has 2 aromatic heterocycles. The molecule has 0 bridgehead atoms. The van der Waals surface area contributed by atoms with Crippen molar-refractivity contribution in [2.45, 2.75) is 45.9 Å². The quantitative estimate of drug-likeness (QED) is 0.914. The highest BCUT2D eigenvalue weighted by Gasteiger charge is 2.37. The Bertz CT molecular complexity index is 777. The third kappa shape index (κ3) is 3.28. The Balaban J connectivity index is 1.75. The summed E-state index contributed by atoms with van der Waals surface area (Å²) in [5, 5.41) is 14.3. The van der Waals surface area contributed by atoms with Gasteiger partial charge in [-0.3, -0.25) is 9.48 Å². The summed E-state index contributed by atoms with van der Waals surface area (Å²) in [6.07, 6.45) is 2.19. The molecule has 7 heteroatoms. The minimum Gasteiger partial charge on any atom is -0.482 e. The third-order valence-electron chi connectivity index (χ3n) is 4.72. The summed E-state index contributed by atoms with van der Waals surface area (Å²) >= 11 is 0. The molecule has 2 atom stereocenters. The first-order valence-electron chi connectivity index (χ1n) is 8.59. The number of aryl methyl sites for hydroxylation is 2. The first kappa shape index (κ1) is 17.5. The van der Waals surface area contributed by atoms with Crippen molar-refractivity contribution in [3.8, 4) is 5.75 Å². The highest BCUT2D eigenvalue weighted by Crippen LogP contribution is 2.24. The van der Waals surface area contributed by atoms with Gasteiger partial charge in [-0.15, -0.1) is 0 Å². The Labute approximate surface area is 147 Å². The van der Waals surface area contributed by atoms with E-state index in [0.29, 0.717) is 23.9 Å². The van der Waals surface area contributed by atoms with Crippen LogP contribution in [0.15, 0.2) is 18.5 Å². The van der Waals surface area contributed by atoms with Crippen molar-refractivity contribution in [1.29, 1.82) is 0 Å². The van der Waals surface area contributed by atoms with Crippen molar-refractivity contribution in [3.05, 3.63) is 35.4 Å². The van der Waals surface area contributed by atoms with Gasteiger partial charge < -0.3 is 19.3 Å². The number of aromatic nitrogens is 3. The summed E-state index contributed by atoms with van der Waals surface area (Å²) in [7, 11) is 1.80. The zero-order chi connectivity index (χ0) is 18.3. The van der Waals surface area contributed by atoms with Crippen LogP contribution in [-0.2, 0) is 7.05 Å². The number of rotatable bonds is 4. The Kier molecular flexibility index (Phi) is 4.60. The van der Waals surface area contributed by atoms with Crippen molar-refractivity contribution < 1.29 is 14.6 Å². The van der Waals surface area contributed by atoms with Crippen LogP contribution in [0.2, 0.25) is 0 Å². The van der Waals surface area contributed by atoms with Gasteiger partial charge in [0.15, 0.2) is 5.75 Å². The van der Waals surface area contributed by atoms with Crippen LogP contribution in [0, 0.1) is 13.8 Å². The van der Waals surface area contributed by atoms with Crippen LogP contribution in [-0.4, -0.2) is 55.6 Å². The molecule has 7 nitrogen and oxygen atoms in total. The van der Waals surface area contributed by atoms with E-state index in [1.54, 1.807) is 29.0 Å². The van der Waals surface area contributed by atoms with E-state index < -0.39 is 12.2 Å². The van der Waals surface area contributed by atoms with Crippen LogP contribution in [0.25, 0.3) is 0 Å². The van der Waals surface area contributed by atoms with Crippen LogP contribution < -0.4 is 4.74 Å². The zero-order valence-electron chi connectivity index (χ0n) is 15.4. The Morgan fingerprint density at radius 2 is 2.08 bits per heavy atom. The maximum atomic E-state index is 12.9. The molecule has 1 saturated heterocycles. The van der Waals surface area contributed by atoms with Gasteiger partial charge in [-0.1, -0.05) is 0 Å². The fourth-order valence-corrected chi connectivity index (χ4v) is 3.63. The molecule has 0 saturated carbocycles. The van der Waals surface area contributed by atoms with Crippen LogP contribution in [0.5, 0.6) is 5.75 Å². The van der Waals surface area contributed by atoms with Gasteiger partial charge in [0.25, 0.3) is 5.91 Å². The van der Waals surface area contributed by atoms with Crippen molar-refractivity contribution in [2.24, 2.45) is 7.05 Å². The van der Waals surface area contributed by atoms with E-state index in [0.717, 1.165) is 11.4 Å². The highest BCUT2D eigenvalue weighted by molar-refractivity contribution is 5.96. The van der Waals surface area contributed by atoms with E-state index >= 15 is 0 Å². The molecule has 0 unspecified atom stereocenters. The number of aliphatic hydroxyl groups excluding tert-OH is 1. The summed E-state index contributed by atoms with van der Waals surface area (Å²) in [5.41, 5.74) is 2.72. The van der Waals surface area contributed by atoms with Gasteiger partial charge >= 0.3 is 0 Å². The number of ether oxygens (including phenoxy) is 1. The third-order valence-corrected chi connectivity index (χ3v) is 4.72. The molecule has 1 amide bonds. The second kappa shape index (κ2) is 6.55. The second-order valence-electron chi connectivity index (χ2n) is 7.03. The molecule has 0 radical (unpaired) electrons. The SMILES string of the molecule is Cc1cc(C(=O)N2C[C@@H](O)[C@H](Oc3cnn(C)c3)C2)c(C)n1C(C)C. The van der Waals surface area contributed by atoms with Gasteiger partial charge in [0, 0.05) is 24.5 Å². The smallest absolute Gasteiger partial charge is 0.255 e. The molecule has 0 aromatic carbocycles. The van der Waals surface area contributed by atoms with Crippen molar-refractivity contribution in [1.82, 2.24) is 19.2 Å². The molecule has 0 spiro atoms. The molecule has 1 aliphatic heterocycles. The number of likely N-dealkylation sites (tertiary alicyclic amines) is 1. The summed E-state index contributed by atoms with van der Waals surface area (Å²) in [5.74, 6) is 0.537. The highest BCUT2D eigenvalue weighted by atomic mass is 16.5. The number of aliphatic hydroxyl groups is 1. The van der Waals surface area contributed by atoms with Crippen molar-refractivity contribution in [3.63, 3.8) is 0 Å². The lowest BCUT2D eigenvalue weighted by molar-refractivity contribution is 0.0729. The molecule has 2 aromatic rings. The number of amides is 1. The van der Waals surface area contributed by atoms with E-state index in [-0.39, 0.29) is 12.5 Å². The predicted octanol–water partition coefficient (Wildman–Crippen LogP) is 1.68. The second-order valence-corrected chi connectivity index (χ2v) is 7.03. The lowest BCUT2D eigenvalue weighted by Gasteiger charge is -2.17. The van der Waals surface area contributed by atoms with Crippen LogP contribution >= 0.6 is 0 Å². The number of carbonyl (C=O) groups excluding carboxylic acids is 1. The molecular weight excluding hydrogens is 320 g/mol. The number of hydrogen-bond acceptors (Lipinski definition) is 4. The van der Waals surface area contributed by atoms with Crippen LogP contribution in [0.3, 0.4) is 0 Å². The Hall–Kier alpha value is -2.28. The minimum atomic E-state index is -0.710. The largest absolute Gasteiger partial charge is 0.482 e. The topological polar surface area (TPSA) is 72.5 Å². The fourth-order valence-electron chi connectivity index (χ4n) is 3.63. The molecule has 1 fully saturated rings. The predicted molar refractivity (Wildman–Crippen MR) is 93.8 cm³/mol. The average Bonchev–Trinajstić information content (AvgIpc) is 3.18. The van der Waals surface area contributed by atoms with E-state index in [4.69, 9.17) is 4.74 Å². The molecular formula is C18H26N4O3. The van der Waals surface area contributed by atoms with Crippen molar-refractivity contribution >= 4 is 5.91 Å². The van der Waals surface area contributed by atoms with Gasteiger partial charge in [0.05, 0.1) is 31.0 Å². The fraction of sp³-hybridized carbons (Fsp3) is 0.556. The summed E-state index contributed by atoms with van der Waals surface area (Å²) < 4.78 is 9.58. The van der Waals surface area contributed by atoms with E-state index in [2.05, 4.69) is 23.5 Å². The van der Waals surface area contributed by atoms with Gasteiger partial charge in [0.1, 0.15) is 12.2 Å². The Morgan fingerprint density at radius 1 is 1.36 bits per heavy atom. The minimum absolute atomic E-state index is 0.0589. The summed E-state index contributed by atoms with van der Waals surface area (Å²) in [4.78, 5) is 14.6. The number of hydrogen-bond donors (Lipinski definition) is 1. The maximum absolute atomic E-state index is 12.9. The van der Waals surface area contributed by atoms with E-state index in [1.807, 2.05) is 19.9 Å². The molecule has 1 N–H and O–H groups in total. The average molecular weight is 346 g/mol. The summed E-state index contributed by atoms with van der Waals surface area (Å²) in [6.45, 7) is 8.82. The number of carbonyl (C=O) groups is 1. The standard InChI is InChI=1S/C18H26N4O3/c1-11(2)22-12(3)6-15(13(22)4)18(24)21-9-16(23)17(10-21)25-14-7-19-20(5)8-14/h6-8,11,16-17,23H,9-10H2,1-5H3/t16-,17-/m1/s1. The summed E-state index contributed by atoms with van der Waals surface area (Å²) in [6, 6.07) is 2.23. The van der Waals surface area contributed by atoms with Gasteiger partial charge in [-0.25, -0.2) is 0 Å². The van der Waals surface area contributed by atoms with Gasteiger partial charge in [-0.05, 0) is 33.8 Å². The first-order valence-corrected chi connectivity index (χ1v) is 8.59. The molecule has 0 aliphatic carbocycles. The molecule has 1 aliphatic rings. The van der Waals surface area contributed by atoms with Gasteiger partial charge in [0.2, 0.25) is 0 Å². The number of nitrogens with zero attached hydrogens (tertiary/aromatic N) is 4. The van der Waals surface area contributed by atoms with Crippen molar-refractivity contribution in [2.75, 3.05) is 13.1 Å². The number of β-amino-alcohol motifs (C(OH)–C–C–N with tert-alkyl or cyclic N) is 1. The van der Waals surface area contributed by atoms with Crippen LogP contribution in [0.4, 0.5) is 0 Å². The zero-order valence-corrected chi connectivity index (χ0v) is 15.4. The molecule has 3 heterocycles. The monoisotopic (exact) mass is 346 g/mol. The van der Waals surface area contributed by atoms with E-state index in [1.165, 1.54) is 0 Å². The van der Waals surface area contributed by atoms with Crippen LogP contribution in [0.1, 0.15) is 41.6 Å². The molecule has 25 heavy (non-hydrogen) atoms. The molecule has 136 valence electrons. The lowest BCUT2D eigenvalue weighted by atomic mass is 10.2. The molecule has 3 rings (SSSR count). The van der Waals surface area contributed by atoms with E-state index in [9.17, 15) is 9.90 Å². The van der Waals surface area contributed by atoms with Gasteiger partial charge in [-0.2, -0.15) is 5.10 Å². The lowest BCUT2D eigenvalue weighted by Crippen LogP contribution is -2.31. The first-order chi connectivity index (χ1) is 11.8. The maximum Gasteiger partial charge on any atom is 0.255 e.